The topological polar surface area (TPSA) is 58.3 Å². The van der Waals surface area contributed by atoms with Crippen molar-refractivity contribution in [2.24, 2.45) is 5.73 Å². The van der Waals surface area contributed by atoms with Crippen LogP contribution in [-0.4, -0.2) is 30.3 Å². The molecule has 0 radical (unpaired) electrons. The highest BCUT2D eigenvalue weighted by Gasteiger charge is 2.14. The Labute approximate surface area is 139 Å². The number of benzene rings is 2. The summed E-state index contributed by atoms with van der Waals surface area (Å²) in [6.07, 6.45) is 3.57. The van der Waals surface area contributed by atoms with Gasteiger partial charge in [-0.05, 0) is 43.4 Å². The van der Waals surface area contributed by atoms with Crippen LogP contribution in [0.4, 0.5) is 0 Å². The van der Waals surface area contributed by atoms with E-state index in [-0.39, 0.29) is 6.04 Å². The molecular formula is C20H28N2O. The van der Waals surface area contributed by atoms with Crippen LogP contribution in [-0.2, 0) is 12.8 Å². The third kappa shape index (κ3) is 6.95. The van der Waals surface area contributed by atoms with Crippen LogP contribution in [0, 0.1) is 0 Å². The maximum atomic E-state index is 10.1. The van der Waals surface area contributed by atoms with E-state index in [1.54, 1.807) is 0 Å². The zero-order chi connectivity index (χ0) is 16.3. The second kappa shape index (κ2) is 10.2. The molecule has 0 aliphatic carbocycles. The summed E-state index contributed by atoms with van der Waals surface area (Å²) in [6, 6.07) is 20.4. The molecule has 0 heterocycles. The molecule has 2 rings (SSSR count). The smallest absolute Gasteiger partial charge is 0.0818 e. The van der Waals surface area contributed by atoms with E-state index >= 15 is 0 Å². The largest absolute Gasteiger partial charge is 0.390 e. The number of nitrogens with two attached hydrogens (primary N) is 1. The summed E-state index contributed by atoms with van der Waals surface area (Å²) in [7, 11) is 0. The van der Waals surface area contributed by atoms with Gasteiger partial charge < -0.3 is 16.2 Å². The van der Waals surface area contributed by atoms with Crippen molar-refractivity contribution in [3.8, 4) is 0 Å². The van der Waals surface area contributed by atoms with Gasteiger partial charge in [0.05, 0.1) is 6.10 Å². The summed E-state index contributed by atoms with van der Waals surface area (Å²) >= 11 is 0. The van der Waals surface area contributed by atoms with E-state index in [1.807, 2.05) is 36.4 Å². The number of nitrogens with one attached hydrogen (secondary N) is 1. The van der Waals surface area contributed by atoms with Crippen molar-refractivity contribution in [2.75, 3.05) is 13.1 Å². The highest BCUT2D eigenvalue weighted by atomic mass is 16.3. The fraction of sp³-hybridized carbons (Fsp3) is 0.400. The number of unbranched alkanes of at least 4 members (excludes halogenated alkanes) is 1. The van der Waals surface area contributed by atoms with Crippen molar-refractivity contribution in [1.82, 2.24) is 5.32 Å². The number of aliphatic hydroxyl groups excluding tert-OH is 1. The summed E-state index contributed by atoms with van der Waals surface area (Å²) in [5.74, 6) is 0. The van der Waals surface area contributed by atoms with Gasteiger partial charge in [0.2, 0.25) is 0 Å². The molecular weight excluding hydrogens is 284 g/mol. The minimum Gasteiger partial charge on any atom is -0.390 e. The molecule has 3 nitrogen and oxygen atoms in total. The Balaban J connectivity index is 1.55. The van der Waals surface area contributed by atoms with Crippen LogP contribution in [0.1, 0.15) is 24.0 Å². The summed E-state index contributed by atoms with van der Waals surface area (Å²) in [4.78, 5) is 0. The van der Waals surface area contributed by atoms with E-state index in [9.17, 15) is 5.11 Å². The van der Waals surface area contributed by atoms with Crippen molar-refractivity contribution < 1.29 is 5.11 Å². The summed E-state index contributed by atoms with van der Waals surface area (Å²) in [5, 5.41) is 13.4. The number of aryl methyl sites for hydroxylation is 1. The lowest BCUT2D eigenvalue weighted by atomic mass is 10.0. The lowest BCUT2D eigenvalue weighted by Crippen LogP contribution is -2.43. The van der Waals surface area contributed by atoms with Gasteiger partial charge in [-0.3, -0.25) is 0 Å². The first-order chi connectivity index (χ1) is 11.3. The lowest BCUT2D eigenvalue weighted by molar-refractivity contribution is 0.142. The summed E-state index contributed by atoms with van der Waals surface area (Å²) in [5.41, 5.74) is 8.63. The van der Waals surface area contributed by atoms with Crippen LogP contribution in [0.15, 0.2) is 60.7 Å². The second-order valence-corrected chi connectivity index (χ2v) is 6.07. The molecule has 0 fully saturated rings. The van der Waals surface area contributed by atoms with Gasteiger partial charge in [0, 0.05) is 12.6 Å². The molecule has 0 saturated heterocycles. The van der Waals surface area contributed by atoms with Gasteiger partial charge in [0.1, 0.15) is 0 Å². The molecule has 0 saturated carbocycles. The van der Waals surface area contributed by atoms with Crippen LogP contribution in [0.2, 0.25) is 0 Å². The maximum absolute atomic E-state index is 10.1. The van der Waals surface area contributed by atoms with E-state index in [0.29, 0.717) is 13.0 Å². The Morgan fingerprint density at radius 2 is 1.48 bits per heavy atom. The fourth-order valence-electron chi connectivity index (χ4n) is 2.65. The van der Waals surface area contributed by atoms with Crippen LogP contribution >= 0.6 is 0 Å². The first-order valence-electron chi connectivity index (χ1n) is 8.48. The van der Waals surface area contributed by atoms with Crippen molar-refractivity contribution in [3.63, 3.8) is 0 Å². The fourth-order valence-corrected chi connectivity index (χ4v) is 2.65. The highest BCUT2D eigenvalue weighted by molar-refractivity contribution is 5.16. The SMILES string of the molecule is NC(Cc1ccccc1)[C@@H](O)CNCCCCc1ccccc1. The van der Waals surface area contributed by atoms with Crippen molar-refractivity contribution in [3.05, 3.63) is 71.8 Å². The van der Waals surface area contributed by atoms with Gasteiger partial charge >= 0.3 is 0 Å². The zero-order valence-electron chi connectivity index (χ0n) is 13.7. The molecule has 0 spiro atoms. The Bertz CT molecular complexity index is 530. The van der Waals surface area contributed by atoms with E-state index in [2.05, 4.69) is 29.6 Å². The normalized spacial score (nSPS) is 13.7. The second-order valence-electron chi connectivity index (χ2n) is 6.07. The van der Waals surface area contributed by atoms with E-state index < -0.39 is 6.10 Å². The van der Waals surface area contributed by atoms with Gasteiger partial charge in [0.25, 0.3) is 0 Å². The number of hydrogen-bond donors (Lipinski definition) is 3. The summed E-state index contributed by atoms with van der Waals surface area (Å²) < 4.78 is 0. The molecule has 2 aromatic rings. The highest BCUT2D eigenvalue weighted by Crippen LogP contribution is 2.05. The maximum Gasteiger partial charge on any atom is 0.0818 e. The molecule has 124 valence electrons. The standard InChI is InChI=1S/C20H28N2O/c21-19(15-18-12-5-2-6-13-18)20(23)16-22-14-8-7-11-17-9-3-1-4-10-17/h1-6,9-10,12-13,19-20,22-23H,7-8,11,14-16,21H2/t19?,20-/m0/s1. The number of hydrogen-bond acceptors (Lipinski definition) is 3. The molecule has 0 aliphatic heterocycles. The molecule has 0 aromatic heterocycles. The average molecular weight is 312 g/mol. The molecule has 2 aromatic carbocycles. The summed E-state index contributed by atoms with van der Waals surface area (Å²) in [6.45, 7) is 1.47. The third-order valence-electron chi connectivity index (χ3n) is 4.07. The van der Waals surface area contributed by atoms with Gasteiger partial charge in [-0.1, -0.05) is 60.7 Å². The molecule has 0 bridgehead atoms. The first kappa shape index (κ1) is 17.7. The third-order valence-corrected chi connectivity index (χ3v) is 4.07. The molecule has 1 unspecified atom stereocenters. The van der Waals surface area contributed by atoms with Crippen LogP contribution in [0.25, 0.3) is 0 Å². The Kier molecular flexibility index (Phi) is 7.81. The van der Waals surface area contributed by atoms with E-state index in [0.717, 1.165) is 25.8 Å². The molecule has 23 heavy (non-hydrogen) atoms. The van der Waals surface area contributed by atoms with Crippen molar-refractivity contribution in [2.45, 2.75) is 37.8 Å². The Morgan fingerprint density at radius 3 is 2.13 bits per heavy atom. The van der Waals surface area contributed by atoms with Crippen LogP contribution < -0.4 is 11.1 Å². The van der Waals surface area contributed by atoms with E-state index in [1.165, 1.54) is 11.1 Å². The van der Waals surface area contributed by atoms with Gasteiger partial charge in [-0.2, -0.15) is 0 Å². The number of aliphatic hydroxyl groups is 1. The zero-order valence-corrected chi connectivity index (χ0v) is 13.7. The molecule has 0 amide bonds. The predicted molar refractivity (Wildman–Crippen MR) is 96.4 cm³/mol. The Hall–Kier alpha value is -1.68. The quantitative estimate of drug-likeness (QED) is 0.591. The molecule has 4 N–H and O–H groups in total. The average Bonchev–Trinajstić information content (AvgIpc) is 2.59. The minimum absolute atomic E-state index is 0.228. The predicted octanol–water partition coefficient (Wildman–Crippen LogP) is 2.53. The van der Waals surface area contributed by atoms with Crippen molar-refractivity contribution >= 4 is 0 Å². The molecule has 2 atom stereocenters. The Morgan fingerprint density at radius 1 is 0.870 bits per heavy atom. The van der Waals surface area contributed by atoms with Gasteiger partial charge in [0.15, 0.2) is 0 Å². The van der Waals surface area contributed by atoms with Crippen LogP contribution in [0.3, 0.4) is 0 Å². The monoisotopic (exact) mass is 312 g/mol. The molecule has 3 heteroatoms. The first-order valence-corrected chi connectivity index (χ1v) is 8.48. The lowest BCUT2D eigenvalue weighted by Gasteiger charge is -2.19. The molecule has 0 aliphatic rings. The van der Waals surface area contributed by atoms with Gasteiger partial charge in [-0.25, -0.2) is 0 Å². The minimum atomic E-state index is -0.510. The number of rotatable bonds is 10. The van der Waals surface area contributed by atoms with Gasteiger partial charge in [-0.15, -0.1) is 0 Å². The van der Waals surface area contributed by atoms with Crippen LogP contribution in [0.5, 0.6) is 0 Å². The van der Waals surface area contributed by atoms with Crippen molar-refractivity contribution in [1.29, 1.82) is 0 Å². The van der Waals surface area contributed by atoms with E-state index in [4.69, 9.17) is 5.73 Å².